The molecule has 1 aromatic rings. The average Bonchev–Trinajstić information content (AvgIpc) is 2.38. The zero-order chi connectivity index (χ0) is 13.9. The minimum atomic E-state index is -0.821. The number of hydrogen-bond acceptors (Lipinski definition) is 4. The largest absolute Gasteiger partial charge is 0.507 e. The summed E-state index contributed by atoms with van der Waals surface area (Å²) in [6, 6.07) is 7.03. The second-order valence-electron chi connectivity index (χ2n) is 5.09. The van der Waals surface area contributed by atoms with Gasteiger partial charge in [-0.15, -0.1) is 11.8 Å². The Bertz CT molecular complexity index is 453. The Morgan fingerprint density at radius 3 is 2.53 bits per heavy atom. The van der Waals surface area contributed by atoms with Crippen molar-refractivity contribution in [3.8, 4) is 5.75 Å². The number of carboxylic acids is 1. The maximum absolute atomic E-state index is 10.9. The van der Waals surface area contributed by atoms with Gasteiger partial charge in [0.2, 0.25) is 0 Å². The summed E-state index contributed by atoms with van der Waals surface area (Å²) >= 11 is 1.41. The van der Waals surface area contributed by atoms with Gasteiger partial charge in [-0.25, -0.2) is 0 Å². The Morgan fingerprint density at radius 2 is 1.95 bits per heavy atom. The summed E-state index contributed by atoms with van der Waals surface area (Å²) in [7, 11) is 0. The number of aliphatic hydroxyl groups is 1. The van der Waals surface area contributed by atoms with Crippen LogP contribution in [0, 0.1) is 5.92 Å². The molecule has 19 heavy (non-hydrogen) atoms. The van der Waals surface area contributed by atoms with Crippen LogP contribution in [-0.4, -0.2) is 32.6 Å². The summed E-state index contributed by atoms with van der Waals surface area (Å²) in [5.74, 6) is -0.391. The van der Waals surface area contributed by atoms with Crippen LogP contribution < -0.4 is 0 Å². The lowest BCUT2D eigenvalue weighted by Crippen LogP contribution is -2.38. The van der Waals surface area contributed by atoms with E-state index >= 15 is 0 Å². The molecule has 3 N–H and O–H groups in total. The standard InChI is InChI=1S/C14H18O4S/c15-11-3-1-2-4-12(11)19-9-14(18)7-5-10(6-8-14)13(16)17/h1-4,10,15,18H,5-9H2,(H,16,17). The van der Waals surface area contributed by atoms with E-state index < -0.39 is 11.6 Å². The molecule has 0 amide bonds. The number of para-hydroxylation sites is 1. The average molecular weight is 282 g/mol. The Balaban J connectivity index is 1.90. The molecule has 1 fully saturated rings. The zero-order valence-electron chi connectivity index (χ0n) is 10.6. The third-order valence-electron chi connectivity index (χ3n) is 3.63. The van der Waals surface area contributed by atoms with Gasteiger partial charge in [-0.3, -0.25) is 4.79 Å². The molecular formula is C14H18O4S. The summed E-state index contributed by atoms with van der Waals surface area (Å²) in [6.07, 6.45) is 2.05. The highest BCUT2D eigenvalue weighted by Gasteiger charge is 2.35. The number of phenolic OH excluding ortho intramolecular Hbond substituents is 1. The summed E-state index contributed by atoms with van der Waals surface area (Å²) in [5, 5.41) is 29.0. The SMILES string of the molecule is O=C(O)C1CCC(O)(CSc2ccccc2O)CC1. The first kappa shape index (κ1) is 14.2. The molecule has 0 spiro atoms. The Kier molecular flexibility index (Phi) is 4.37. The molecule has 1 aliphatic rings. The molecule has 2 rings (SSSR count). The normalized spacial score (nSPS) is 27.1. The Hall–Kier alpha value is -1.20. The number of rotatable bonds is 4. The van der Waals surface area contributed by atoms with E-state index in [1.807, 2.05) is 12.1 Å². The number of thioether (sulfide) groups is 1. The predicted octanol–water partition coefficient (Wildman–Crippen LogP) is 2.49. The van der Waals surface area contributed by atoms with E-state index in [9.17, 15) is 15.0 Å². The van der Waals surface area contributed by atoms with E-state index in [-0.39, 0.29) is 11.7 Å². The molecule has 0 bridgehead atoms. The molecule has 1 saturated carbocycles. The zero-order valence-corrected chi connectivity index (χ0v) is 11.4. The van der Waals surface area contributed by atoms with E-state index in [0.29, 0.717) is 31.4 Å². The smallest absolute Gasteiger partial charge is 0.306 e. The van der Waals surface area contributed by atoms with E-state index in [4.69, 9.17) is 5.11 Å². The van der Waals surface area contributed by atoms with Crippen LogP contribution >= 0.6 is 11.8 Å². The first-order valence-corrected chi connectivity index (χ1v) is 7.35. The number of benzene rings is 1. The highest BCUT2D eigenvalue weighted by atomic mass is 32.2. The summed E-state index contributed by atoms with van der Waals surface area (Å²) < 4.78 is 0. The Morgan fingerprint density at radius 1 is 1.32 bits per heavy atom. The van der Waals surface area contributed by atoms with E-state index in [1.165, 1.54) is 11.8 Å². The number of phenols is 1. The van der Waals surface area contributed by atoms with Crippen LogP contribution in [0.3, 0.4) is 0 Å². The maximum Gasteiger partial charge on any atom is 0.306 e. The van der Waals surface area contributed by atoms with Crippen molar-refractivity contribution in [3.05, 3.63) is 24.3 Å². The fourth-order valence-corrected chi connectivity index (χ4v) is 3.44. The highest BCUT2D eigenvalue weighted by molar-refractivity contribution is 7.99. The molecule has 5 heteroatoms. The summed E-state index contributed by atoms with van der Waals surface area (Å²) in [6.45, 7) is 0. The van der Waals surface area contributed by atoms with Gasteiger partial charge in [0.15, 0.2) is 0 Å². The van der Waals surface area contributed by atoms with Gasteiger partial charge in [-0.2, -0.15) is 0 Å². The summed E-state index contributed by atoms with van der Waals surface area (Å²) in [5.41, 5.74) is -0.821. The molecule has 0 aromatic heterocycles. The molecule has 0 heterocycles. The van der Waals surface area contributed by atoms with Gasteiger partial charge >= 0.3 is 5.97 Å². The van der Waals surface area contributed by atoms with E-state index in [1.54, 1.807) is 12.1 Å². The van der Waals surface area contributed by atoms with Gasteiger partial charge in [0.25, 0.3) is 0 Å². The van der Waals surface area contributed by atoms with Crippen LogP contribution in [0.4, 0.5) is 0 Å². The van der Waals surface area contributed by atoms with Gasteiger partial charge in [0, 0.05) is 10.6 Å². The molecule has 0 unspecified atom stereocenters. The minimum Gasteiger partial charge on any atom is -0.507 e. The topological polar surface area (TPSA) is 77.8 Å². The monoisotopic (exact) mass is 282 g/mol. The first-order chi connectivity index (χ1) is 9.00. The van der Waals surface area contributed by atoms with Crippen LogP contribution in [-0.2, 0) is 4.79 Å². The molecule has 0 aliphatic heterocycles. The molecule has 0 saturated heterocycles. The molecule has 104 valence electrons. The van der Waals surface area contributed by atoms with Crippen molar-refractivity contribution in [2.75, 3.05) is 5.75 Å². The third kappa shape index (κ3) is 3.64. The fourth-order valence-electron chi connectivity index (χ4n) is 2.34. The van der Waals surface area contributed by atoms with Crippen molar-refractivity contribution in [2.24, 2.45) is 5.92 Å². The lowest BCUT2D eigenvalue weighted by atomic mass is 9.80. The number of carboxylic acid groups (broad SMARTS) is 1. The quantitative estimate of drug-likeness (QED) is 0.740. The summed E-state index contributed by atoms with van der Waals surface area (Å²) in [4.78, 5) is 11.6. The molecule has 4 nitrogen and oxygen atoms in total. The minimum absolute atomic E-state index is 0.218. The van der Waals surface area contributed by atoms with Crippen LogP contribution in [0.15, 0.2) is 29.2 Å². The van der Waals surface area contributed by atoms with Gasteiger partial charge in [0.1, 0.15) is 5.75 Å². The van der Waals surface area contributed by atoms with Crippen LogP contribution in [0.1, 0.15) is 25.7 Å². The van der Waals surface area contributed by atoms with E-state index in [2.05, 4.69) is 0 Å². The third-order valence-corrected chi connectivity index (χ3v) is 4.97. The maximum atomic E-state index is 10.9. The number of aromatic hydroxyl groups is 1. The van der Waals surface area contributed by atoms with Crippen LogP contribution in [0.5, 0.6) is 5.75 Å². The van der Waals surface area contributed by atoms with Gasteiger partial charge in [0.05, 0.1) is 11.5 Å². The number of aliphatic carboxylic acids is 1. The fraction of sp³-hybridized carbons (Fsp3) is 0.500. The van der Waals surface area contributed by atoms with Crippen molar-refractivity contribution >= 4 is 17.7 Å². The second-order valence-corrected chi connectivity index (χ2v) is 6.11. The van der Waals surface area contributed by atoms with Crippen molar-refractivity contribution in [1.29, 1.82) is 0 Å². The van der Waals surface area contributed by atoms with Gasteiger partial charge < -0.3 is 15.3 Å². The van der Waals surface area contributed by atoms with Crippen molar-refractivity contribution in [3.63, 3.8) is 0 Å². The second kappa shape index (κ2) is 5.84. The molecule has 1 aliphatic carbocycles. The van der Waals surface area contributed by atoms with Crippen molar-refractivity contribution in [2.45, 2.75) is 36.2 Å². The number of carbonyl (C=O) groups is 1. The molecule has 0 radical (unpaired) electrons. The van der Waals surface area contributed by atoms with Crippen molar-refractivity contribution < 1.29 is 20.1 Å². The van der Waals surface area contributed by atoms with Gasteiger partial charge in [-0.05, 0) is 37.8 Å². The van der Waals surface area contributed by atoms with Crippen molar-refractivity contribution in [1.82, 2.24) is 0 Å². The van der Waals surface area contributed by atoms with Gasteiger partial charge in [-0.1, -0.05) is 12.1 Å². The Labute approximate surface area is 116 Å². The predicted molar refractivity (Wildman–Crippen MR) is 73.4 cm³/mol. The first-order valence-electron chi connectivity index (χ1n) is 6.36. The molecule has 1 aromatic carbocycles. The van der Waals surface area contributed by atoms with Crippen LogP contribution in [0.2, 0.25) is 0 Å². The lowest BCUT2D eigenvalue weighted by molar-refractivity contribution is -0.144. The number of hydrogen-bond donors (Lipinski definition) is 3. The highest BCUT2D eigenvalue weighted by Crippen LogP contribution is 2.38. The lowest BCUT2D eigenvalue weighted by Gasteiger charge is -2.34. The molecule has 0 atom stereocenters. The molecular weight excluding hydrogens is 264 g/mol. The van der Waals surface area contributed by atoms with Crippen LogP contribution in [0.25, 0.3) is 0 Å². The van der Waals surface area contributed by atoms with E-state index in [0.717, 1.165) is 4.90 Å².